The Morgan fingerprint density at radius 1 is 1.42 bits per heavy atom. The minimum absolute atomic E-state index is 0.0112. The van der Waals surface area contributed by atoms with Crippen LogP contribution < -0.4 is 4.74 Å². The Balaban J connectivity index is 2.79. The lowest BCUT2D eigenvalue weighted by Gasteiger charge is -2.22. The minimum Gasteiger partial charge on any atom is -0.492 e. The maximum Gasteiger partial charge on any atom is 0.314 e. The number of hydrogen-bond donors (Lipinski definition) is 0. The van der Waals surface area contributed by atoms with Crippen LogP contribution in [-0.4, -0.2) is 24.6 Å². The van der Waals surface area contributed by atoms with Crippen molar-refractivity contribution in [1.29, 1.82) is 0 Å². The van der Waals surface area contributed by atoms with Gasteiger partial charge < -0.3 is 9.47 Å². The fourth-order valence-corrected chi connectivity index (χ4v) is 1.50. The second-order valence-corrected chi connectivity index (χ2v) is 4.87. The van der Waals surface area contributed by atoms with Crippen LogP contribution in [0.5, 0.6) is 5.75 Å². The summed E-state index contributed by atoms with van der Waals surface area (Å²) in [6, 6.07) is 4.33. The molecule has 0 aliphatic carbocycles. The van der Waals surface area contributed by atoms with E-state index in [1.165, 1.54) is 25.3 Å². The third-order valence-electron chi connectivity index (χ3n) is 2.70. The van der Waals surface area contributed by atoms with E-state index in [0.717, 1.165) is 0 Å². The molecule has 19 heavy (non-hydrogen) atoms. The highest BCUT2D eigenvalue weighted by molar-refractivity contribution is 5.75. The zero-order chi connectivity index (χ0) is 14.6. The van der Waals surface area contributed by atoms with Gasteiger partial charge in [0.05, 0.1) is 17.4 Å². The van der Waals surface area contributed by atoms with E-state index >= 15 is 0 Å². The normalized spacial score (nSPS) is 10.9. The number of nitro groups is 1. The number of carbonyl (C=O) groups excluding carboxylic acids is 1. The van der Waals surface area contributed by atoms with Gasteiger partial charge in [0.1, 0.15) is 12.4 Å². The van der Waals surface area contributed by atoms with Gasteiger partial charge in [-0.05, 0) is 32.4 Å². The average Bonchev–Trinajstić information content (AvgIpc) is 2.36. The van der Waals surface area contributed by atoms with E-state index in [-0.39, 0.29) is 18.3 Å². The van der Waals surface area contributed by atoms with E-state index in [1.54, 1.807) is 20.8 Å². The third kappa shape index (κ3) is 3.67. The summed E-state index contributed by atoms with van der Waals surface area (Å²) in [5.41, 5.74) is -0.116. The van der Waals surface area contributed by atoms with Crippen LogP contribution in [0.15, 0.2) is 18.2 Å². The van der Waals surface area contributed by atoms with Crippen LogP contribution >= 0.6 is 0 Å². The molecule has 1 aromatic carbocycles. The molecule has 1 aromatic rings. The summed E-state index contributed by atoms with van der Waals surface area (Å²) in [6.07, 6.45) is 0. The Morgan fingerprint density at radius 2 is 2.05 bits per heavy atom. The fraction of sp³-hybridized carbons (Fsp3) is 0.462. The molecule has 0 spiro atoms. The van der Waals surface area contributed by atoms with Crippen molar-refractivity contribution in [3.8, 4) is 5.75 Å². The molecule has 0 N–H and O–H groups in total. The topological polar surface area (TPSA) is 78.7 Å². The molecule has 0 amide bonds. The van der Waals surface area contributed by atoms with Crippen molar-refractivity contribution in [3.05, 3.63) is 33.9 Å². The lowest BCUT2D eigenvalue weighted by molar-refractivity contribution is -0.384. The number of ether oxygens (including phenoxy) is 2. The molecule has 6 nitrogen and oxygen atoms in total. The molecule has 6 heteroatoms. The van der Waals surface area contributed by atoms with Crippen molar-refractivity contribution in [3.63, 3.8) is 0 Å². The van der Waals surface area contributed by atoms with Crippen LogP contribution in [0.3, 0.4) is 0 Å². The van der Waals surface area contributed by atoms with E-state index in [1.807, 2.05) is 0 Å². The molecular weight excluding hydrogens is 250 g/mol. The molecule has 0 aromatic heterocycles. The molecule has 0 heterocycles. The summed E-state index contributed by atoms with van der Waals surface area (Å²) < 4.78 is 10.2. The molecule has 0 fully saturated rings. The lowest BCUT2D eigenvalue weighted by atomic mass is 9.95. The molecule has 0 aliphatic rings. The van der Waals surface area contributed by atoms with Crippen molar-refractivity contribution >= 4 is 11.7 Å². The maximum atomic E-state index is 11.5. The van der Waals surface area contributed by atoms with E-state index < -0.39 is 10.3 Å². The van der Waals surface area contributed by atoms with E-state index in [0.29, 0.717) is 11.3 Å². The molecule has 0 saturated heterocycles. The van der Waals surface area contributed by atoms with Crippen LogP contribution in [0.25, 0.3) is 0 Å². The summed E-state index contributed by atoms with van der Waals surface area (Å²) in [7, 11) is 1.32. The summed E-state index contributed by atoms with van der Waals surface area (Å²) in [5, 5.41) is 10.6. The highest BCUT2D eigenvalue weighted by atomic mass is 16.6. The second kappa shape index (κ2) is 5.69. The van der Waals surface area contributed by atoms with Crippen LogP contribution in [0, 0.1) is 22.5 Å². The number of hydrogen-bond acceptors (Lipinski definition) is 5. The third-order valence-corrected chi connectivity index (χ3v) is 2.70. The van der Waals surface area contributed by atoms with Gasteiger partial charge in [0.2, 0.25) is 0 Å². The monoisotopic (exact) mass is 267 g/mol. The predicted octanol–water partition coefficient (Wildman–Crippen LogP) is 2.48. The van der Waals surface area contributed by atoms with Gasteiger partial charge in [-0.3, -0.25) is 14.9 Å². The number of nitrogens with zero attached hydrogens (tertiary/aromatic N) is 1. The number of methoxy groups -OCH3 is 1. The van der Waals surface area contributed by atoms with Gasteiger partial charge >= 0.3 is 5.97 Å². The highest BCUT2D eigenvalue weighted by Gasteiger charge is 2.30. The Kier molecular flexibility index (Phi) is 4.47. The number of aryl methyl sites for hydroxylation is 1. The maximum absolute atomic E-state index is 11.5. The summed E-state index contributed by atoms with van der Waals surface area (Å²) in [6.45, 7) is 5.27. The van der Waals surface area contributed by atoms with Crippen molar-refractivity contribution in [2.24, 2.45) is 5.41 Å². The van der Waals surface area contributed by atoms with Crippen molar-refractivity contribution in [2.45, 2.75) is 20.8 Å². The molecule has 0 saturated carbocycles. The second-order valence-electron chi connectivity index (χ2n) is 4.87. The number of esters is 1. The smallest absolute Gasteiger partial charge is 0.314 e. The molecule has 104 valence electrons. The molecule has 0 radical (unpaired) electrons. The quantitative estimate of drug-likeness (QED) is 0.465. The molecule has 0 unspecified atom stereocenters. The van der Waals surface area contributed by atoms with Gasteiger partial charge in [-0.25, -0.2) is 0 Å². The fourth-order valence-electron chi connectivity index (χ4n) is 1.50. The Bertz CT molecular complexity index is 496. The van der Waals surface area contributed by atoms with Crippen LogP contribution in [0.1, 0.15) is 19.4 Å². The first kappa shape index (κ1) is 14.9. The zero-order valence-electron chi connectivity index (χ0n) is 11.4. The first-order valence-corrected chi connectivity index (χ1v) is 5.74. The highest BCUT2D eigenvalue weighted by Crippen LogP contribution is 2.26. The first-order chi connectivity index (χ1) is 8.77. The van der Waals surface area contributed by atoms with Gasteiger partial charge in [0, 0.05) is 12.1 Å². The van der Waals surface area contributed by atoms with Crippen molar-refractivity contribution in [1.82, 2.24) is 0 Å². The number of rotatable bonds is 5. The van der Waals surface area contributed by atoms with E-state index in [9.17, 15) is 14.9 Å². The van der Waals surface area contributed by atoms with Crippen LogP contribution in [0.4, 0.5) is 5.69 Å². The van der Waals surface area contributed by atoms with Gasteiger partial charge in [-0.2, -0.15) is 0 Å². The van der Waals surface area contributed by atoms with Gasteiger partial charge in [-0.1, -0.05) is 0 Å². The first-order valence-electron chi connectivity index (χ1n) is 5.74. The number of benzene rings is 1. The summed E-state index contributed by atoms with van der Waals surface area (Å²) in [5.74, 6) is 0.148. The van der Waals surface area contributed by atoms with E-state index in [2.05, 4.69) is 4.74 Å². The zero-order valence-corrected chi connectivity index (χ0v) is 11.4. The predicted molar refractivity (Wildman–Crippen MR) is 69.1 cm³/mol. The number of non-ortho nitro benzene ring substituents is 1. The molecule has 0 atom stereocenters. The largest absolute Gasteiger partial charge is 0.492 e. The Morgan fingerprint density at radius 3 is 2.53 bits per heavy atom. The average molecular weight is 267 g/mol. The van der Waals surface area contributed by atoms with Crippen LogP contribution in [-0.2, 0) is 9.53 Å². The Hall–Kier alpha value is -2.11. The minimum atomic E-state index is -0.775. The van der Waals surface area contributed by atoms with Crippen LogP contribution in [0.2, 0.25) is 0 Å². The summed E-state index contributed by atoms with van der Waals surface area (Å²) in [4.78, 5) is 21.6. The summed E-state index contributed by atoms with van der Waals surface area (Å²) >= 11 is 0. The molecule has 0 bridgehead atoms. The Labute approximate surface area is 111 Å². The molecular formula is C13H17NO5. The molecule has 1 rings (SSSR count). The number of carbonyl (C=O) groups is 1. The van der Waals surface area contributed by atoms with Crippen molar-refractivity contribution < 1.29 is 19.2 Å². The number of nitro benzene ring substituents is 1. The van der Waals surface area contributed by atoms with Gasteiger partial charge in [-0.15, -0.1) is 0 Å². The SMILES string of the molecule is COC(=O)C(C)(C)COc1ccc([N+](=O)[O-])cc1C. The van der Waals surface area contributed by atoms with Crippen molar-refractivity contribution in [2.75, 3.05) is 13.7 Å². The van der Waals surface area contributed by atoms with Gasteiger partial charge in [0.15, 0.2) is 0 Å². The lowest BCUT2D eigenvalue weighted by Crippen LogP contribution is -2.32. The van der Waals surface area contributed by atoms with Gasteiger partial charge in [0.25, 0.3) is 5.69 Å². The molecule has 0 aliphatic heterocycles. The van der Waals surface area contributed by atoms with E-state index in [4.69, 9.17) is 4.74 Å². The standard InChI is InChI=1S/C13H17NO5/c1-9-7-10(14(16)17)5-6-11(9)19-8-13(2,3)12(15)18-4/h5-7H,8H2,1-4H3.